The van der Waals surface area contributed by atoms with Crippen molar-refractivity contribution in [1.29, 1.82) is 0 Å². The highest BCUT2D eigenvalue weighted by Crippen LogP contribution is 2.10. The molecular formula is C13H16N2O3. The van der Waals surface area contributed by atoms with Gasteiger partial charge in [-0.1, -0.05) is 18.2 Å². The molecule has 96 valence electrons. The van der Waals surface area contributed by atoms with Gasteiger partial charge in [-0.15, -0.1) is 0 Å². The molecule has 0 bridgehead atoms. The van der Waals surface area contributed by atoms with Gasteiger partial charge in [0.25, 0.3) is 11.8 Å². The van der Waals surface area contributed by atoms with E-state index in [9.17, 15) is 9.59 Å². The van der Waals surface area contributed by atoms with Crippen LogP contribution in [-0.4, -0.2) is 36.1 Å². The molecule has 0 aromatic heterocycles. The molecule has 1 heterocycles. The van der Waals surface area contributed by atoms with E-state index < -0.39 is 6.04 Å². The Bertz CT molecular complexity index is 473. The third-order valence-corrected chi connectivity index (χ3v) is 2.92. The minimum atomic E-state index is -0.586. The number of nitrogens with one attached hydrogen (secondary N) is 1. The predicted octanol–water partition coefficient (Wildman–Crippen LogP) is 0.887. The molecule has 1 fully saturated rings. The maximum atomic E-state index is 12.0. The van der Waals surface area contributed by atoms with Gasteiger partial charge >= 0.3 is 0 Å². The molecule has 0 radical (unpaired) electrons. The Morgan fingerprint density at radius 2 is 2.22 bits per heavy atom. The Kier molecular flexibility index (Phi) is 3.62. The molecule has 2 amide bonds. The number of likely N-dealkylation sites (N-methyl/N-ethyl adjacent to an activating group) is 1. The summed E-state index contributed by atoms with van der Waals surface area (Å²) in [5, 5.41) is 3.96. The van der Waals surface area contributed by atoms with Gasteiger partial charge in [0.05, 0.1) is 0 Å². The lowest BCUT2D eigenvalue weighted by atomic mass is 10.1. The van der Waals surface area contributed by atoms with Crippen LogP contribution in [0.4, 0.5) is 0 Å². The summed E-state index contributed by atoms with van der Waals surface area (Å²) in [4.78, 5) is 29.0. The molecule has 1 aliphatic rings. The van der Waals surface area contributed by atoms with Gasteiger partial charge in [0.1, 0.15) is 12.6 Å². The number of hydrogen-bond acceptors (Lipinski definition) is 3. The molecule has 5 nitrogen and oxygen atoms in total. The molecule has 18 heavy (non-hydrogen) atoms. The van der Waals surface area contributed by atoms with Crippen LogP contribution in [0.5, 0.6) is 0 Å². The van der Waals surface area contributed by atoms with Crippen LogP contribution in [0, 0.1) is 6.92 Å². The van der Waals surface area contributed by atoms with Gasteiger partial charge < -0.3 is 5.32 Å². The number of hydrogen-bond donors (Lipinski definition) is 1. The number of aryl methyl sites for hydroxylation is 1. The number of carbonyl (C=O) groups is 2. The fourth-order valence-electron chi connectivity index (χ4n) is 1.89. The molecule has 0 saturated carbocycles. The van der Waals surface area contributed by atoms with Gasteiger partial charge in [0.2, 0.25) is 0 Å². The fourth-order valence-corrected chi connectivity index (χ4v) is 1.89. The van der Waals surface area contributed by atoms with E-state index in [4.69, 9.17) is 4.84 Å². The van der Waals surface area contributed by atoms with Crippen LogP contribution in [0.3, 0.4) is 0 Å². The summed E-state index contributed by atoms with van der Waals surface area (Å²) >= 11 is 0. The summed E-state index contributed by atoms with van der Waals surface area (Å²) in [6.45, 7) is 4.36. The highest BCUT2D eigenvalue weighted by atomic mass is 16.7. The molecule has 0 unspecified atom stereocenters. The lowest BCUT2D eigenvalue weighted by Gasteiger charge is -2.12. The minimum Gasteiger partial charge on any atom is -0.338 e. The minimum absolute atomic E-state index is 0.195. The molecule has 1 saturated heterocycles. The van der Waals surface area contributed by atoms with Crippen molar-refractivity contribution in [3.8, 4) is 0 Å². The van der Waals surface area contributed by atoms with Gasteiger partial charge in [0.15, 0.2) is 0 Å². The van der Waals surface area contributed by atoms with Crippen LogP contribution in [0.25, 0.3) is 0 Å². The largest absolute Gasteiger partial charge is 0.338 e. The van der Waals surface area contributed by atoms with Crippen LogP contribution < -0.4 is 5.32 Å². The average molecular weight is 248 g/mol. The Hall–Kier alpha value is -1.88. The quantitative estimate of drug-likeness (QED) is 0.864. The van der Waals surface area contributed by atoms with Crippen molar-refractivity contribution in [3.05, 3.63) is 35.4 Å². The third kappa shape index (κ3) is 2.36. The van der Waals surface area contributed by atoms with Crippen molar-refractivity contribution in [3.63, 3.8) is 0 Å². The first-order valence-corrected chi connectivity index (χ1v) is 5.94. The van der Waals surface area contributed by atoms with Gasteiger partial charge in [-0.05, 0) is 25.5 Å². The van der Waals surface area contributed by atoms with E-state index in [1.165, 1.54) is 5.06 Å². The van der Waals surface area contributed by atoms with E-state index in [1.54, 1.807) is 12.1 Å². The van der Waals surface area contributed by atoms with Crippen molar-refractivity contribution in [1.82, 2.24) is 10.4 Å². The standard InChI is InChI=1S/C13H16N2O3/c1-3-15-13(17)11(8-18-15)14-12(16)10-7-5-4-6-9(10)2/h4-7,11H,3,8H2,1-2H3,(H,14,16)/t11-/m0/s1. The van der Waals surface area contributed by atoms with Gasteiger partial charge in [-0.25, -0.2) is 5.06 Å². The summed E-state index contributed by atoms with van der Waals surface area (Å²) in [7, 11) is 0. The van der Waals surface area contributed by atoms with Crippen LogP contribution >= 0.6 is 0 Å². The maximum absolute atomic E-state index is 12.0. The van der Waals surface area contributed by atoms with E-state index in [0.717, 1.165) is 5.56 Å². The van der Waals surface area contributed by atoms with Gasteiger partial charge in [-0.3, -0.25) is 14.4 Å². The lowest BCUT2D eigenvalue weighted by Crippen LogP contribution is -2.42. The SMILES string of the molecule is CCN1OC[C@H](NC(=O)c2ccccc2C)C1=O. The topological polar surface area (TPSA) is 58.6 Å². The van der Waals surface area contributed by atoms with E-state index >= 15 is 0 Å². The van der Waals surface area contributed by atoms with Crippen molar-refractivity contribution < 1.29 is 14.4 Å². The summed E-state index contributed by atoms with van der Waals surface area (Å²) < 4.78 is 0. The second kappa shape index (κ2) is 5.18. The molecule has 1 N–H and O–H groups in total. The molecule has 5 heteroatoms. The summed E-state index contributed by atoms with van der Waals surface area (Å²) in [5.74, 6) is -0.438. The van der Waals surface area contributed by atoms with Crippen molar-refractivity contribution in [2.24, 2.45) is 0 Å². The monoisotopic (exact) mass is 248 g/mol. The third-order valence-electron chi connectivity index (χ3n) is 2.92. The first-order valence-electron chi connectivity index (χ1n) is 5.94. The van der Waals surface area contributed by atoms with E-state index in [1.807, 2.05) is 26.0 Å². The average Bonchev–Trinajstić information content (AvgIpc) is 2.71. The number of carbonyl (C=O) groups excluding carboxylic acids is 2. The van der Waals surface area contributed by atoms with Crippen LogP contribution in [0.2, 0.25) is 0 Å². The van der Waals surface area contributed by atoms with Gasteiger partial charge in [-0.2, -0.15) is 0 Å². The number of nitrogens with zero attached hydrogens (tertiary/aromatic N) is 1. The first-order chi connectivity index (χ1) is 8.63. The second-order valence-corrected chi connectivity index (χ2v) is 4.17. The van der Waals surface area contributed by atoms with Crippen molar-refractivity contribution >= 4 is 11.8 Å². The normalized spacial score (nSPS) is 19.1. The molecule has 1 atom stereocenters. The van der Waals surface area contributed by atoms with Crippen LogP contribution in [0.15, 0.2) is 24.3 Å². The first kappa shape index (κ1) is 12.6. The van der Waals surface area contributed by atoms with Crippen LogP contribution in [-0.2, 0) is 9.63 Å². The number of hydroxylamine groups is 2. The summed E-state index contributed by atoms with van der Waals surface area (Å²) in [6.07, 6.45) is 0. The zero-order valence-corrected chi connectivity index (χ0v) is 10.5. The Morgan fingerprint density at radius 1 is 1.50 bits per heavy atom. The molecular weight excluding hydrogens is 232 g/mol. The molecule has 0 spiro atoms. The van der Waals surface area contributed by atoms with Crippen molar-refractivity contribution in [2.45, 2.75) is 19.9 Å². The molecule has 2 rings (SSSR count). The lowest BCUT2D eigenvalue weighted by molar-refractivity contribution is -0.160. The molecule has 1 aliphatic heterocycles. The highest BCUT2D eigenvalue weighted by molar-refractivity contribution is 5.98. The number of amides is 2. The Balaban J connectivity index is 2.05. The number of benzene rings is 1. The van der Waals surface area contributed by atoms with E-state index in [-0.39, 0.29) is 18.4 Å². The Morgan fingerprint density at radius 3 is 2.83 bits per heavy atom. The molecule has 1 aromatic carbocycles. The fraction of sp³-hybridized carbons (Fsp3) is 0.385. The predicted molar refractivity (Wildman–Crippen MR) is 65.8 cm³/mol. The molecule has 0 aliphatic carbocycles. The Labute approximate surface area is 106 Å². The number of rotatable bonds is 3. The summed E-state index contributed by atoms with van der Waals surface area (Å²) in [5.41, 5.74) is 1.47. The van der Waals surface area contributed by atoms with Gasteiger partial charge in [0, 0.05) is 12.1 Å². The van der Waals surface area contributed by atoms with Crippen molar-refractivity contribution in [2.75, 3.05) is 13.2 Å². The zero-order valence-electron chi connectivity index (χ0n) is 10.5. The van der Waals surface area contributed by atoms with Crippen LogP contribution in [0.1, 0.15) is 22.8 Å². The second-order valence-electron chi connectivity index (χ2n) is 4.17. The zero-order chi connectivity index (χ0) is 13.1. The maximum Gasteiger partial charge on any atom is 0.271 e. The smallest absolute Gasteiger partial charge is 0.271 e. The highest BCUT2D eigenvalue weighted by Gasteiger charge is 2.33. The van der Waals surface area contributed by atoms with E-state index in [2.05, 4.69) is 5.32 Å². The summed E-state index contributed by atoms with van der Waals surface area (Å²) in [6, 6.07) is 6.68. The van der Waals surface area contributed by atoms with E-state index in [0.29, 0.717) is 12.1 Å². The molecule has 1 aromatic rings.